The molecule has 1 aliphatic heterocycles. The van der Waals surface area contributed by atoms with Crippen LogP contribution < -0.4 is 5.32 Å². The summed E-state index contributed by atoms with van der Waals surface area (Å²) in [4.78, 5) is 28.8. The highest BCUT2D eigenvalue weighted by Crippen LogP contribution is 2.33. The third-order valence-corrected chi connectivity index (χ3v) is 6.71. The van der Waals surface area contributed by atoms with E-state index >= 15 is 0 Å². The normalized spacial score (nSPS) is 23.3. The van der Waals surface area contributed by atoms with Crippen molar-refractivity contribution >= 4 is 22.9 Å². The van der Waals surface area contributed by atoms with Crippen molar-refractivity contribution in [3.8, 4) is 0 Å². The van der Waals surface area contributed by atoms with Gasteiger partial charge in [-0.25, -0.2) is 0 Å². The first-order valence-corrected chi connectivity index (χ1v) is 11.2. The minimum atomic E-state index is -0.955. The van der Waals surface area contributed by atoms with Crippen LogP contribution in [-0.4, -0.2) is 53.1 Å². The van der Waals surface area contributed by atoms with Gasteiger partial charge in [0.15, 0.2) is 5.58 Å². The number of nitrogens with zero attached hydrogens (tertiary/aromatic N) is 2. The zero-order valence-electron chi connectivity index (χ0n) is 18.1. The summed E-state index contributed by atoms with van der Waals surface area (Å²) in [5, 5.41) is 3.30. The Morgan fingerprint density at radius 3 is 2.73 bits per heavy atom. The molecule has 0 radical (unpaired) electrons. The first-order chi connectivity index (χ1) is 14.5. The highest BCUT2D eigenvalue weighted by molar-refractivity contribution is 6.02. The number of ether oxygens (including phenoxy) is 1. The Balaban J connectivity index is 1.61. The standard InChI is InChI=1S/C23H33N3O4/c1-23(22(28)24-17-9-6-4-3-5-7-10-17)16-25-18-11-14-30-20(18)15-19(25)21(27)26(23)12-8-13-29-2/h11,14-15,17H,3-10,12-13,16H2,1-2H3,(H,24,28)/t23-/m0/s1. The van der Waals surface area contributed by atoms with E-state index in [-0.39, 0.29) is 17.9 Å². The molecule has 1 aliphatic carbocycles. The van der Waals surface area contributed by atoms with Crippen molar-refractivity contribution in [1.82, 2.24) is 14.8 Å². The highest BCUT2D eigenvalue weighted by Gasteiger charge is 2.48. The molecule has 7 nitrogen and oxygen atoms in total. The minimum absolute atomic E-state index is 0.0603. The molecule has 2 aliphatic rings. The number of amides is 2. The van der Waals surface area contributed by atoms with Crippen LogP contribution in [-0.2, 0) is 16.1 Å². The zero-order valence-corrected chi connectivity index (χ0v) is 18.1. The van der Waals surface area contributed by atoms with Crippen molar-refractivity contribution in [3.63, 3.8) is 0 Å². The third-order valence-electron chi connectivity index (χ3n) is 6.71. The number of furan rings is 1. The Morgan fingerprint density at radius 2 is 2.00 bits per heavy atom. The minimum Gasteiger partial charge on any atom is -0.463 e. The van der Waals surface area contributed by atoms with Crippen LogP contribution in [0, 0.1) is 0 Å². The van der Waals surface area contributed by atoms with Gasteiger partial charge in [-0.1, -0.05) is 32.1 Å². The second-order valence-corrected chi connectivity index (χ2v) is 8.88. The van der Waals surface area contributed by atoms with E-state index in [1.54, 1.807) is 24.3 Å². The first kappa shape index (κ1) is 21.0. The Morgan fingerprint density at radius 1 is 1.27 bits per heavy atom. The molecule has 1 atom stereocenters. The number of fused-ring (bicyclic) bond motifs is 3. The lowest BCUT2D eigenvalue weighted by Crippen LogP contribution is -2.65. The molecule has 1 fully saturated rings. The smallest absolute Gasteiger partial charge is 0.271 e. The lowest BCUT2D eigenvalue weighted by Gasteiger charge is -2.44. The van der Waals surface area contributed by atoms with Crippen LogP contribution in [0.5, 0.6) is 0 Å². The fraction of sp³-hybridized carbons (Fsp3) is 0.652. The van der Waals surface area contributed by atoms with Crippen molar-refractivity contribution in [2.24, 2.45) is 0 Å². The molecule has 0 saturated heterocycles. The van der Waals surface area contributed by atoms with Crippen LogP contribution in [0.15, 0.2) is 22.8 Å². The number of carbonyl (C=O) groups is 2. The Labute approximate surface area is 177 Å². The van der Waals surface area contributed by atoms with E-state index in [0.29, 0.717) is 37.4 Å². The molecule has 1 N–H and O–H groups in total. The summed E-state index contributed by atoms with van der Waals surface area (Å²) >= 11 is 0. The molecular weight excluding hydrogens is 382 g/mol. The molecule has 7 heteroatoms. The van der Waals surface area contributed by atoms with Gasteiger partial charge < -0.3 is 23.9 Å². The highest BCUT2D eigenvalue weighted by atomic mass is 16.5. The molecule has 2 amide bonds. The van der Waals surface area contributed by atoms with Gasteiger partial charge in [-0.05, 0) is 26.2 Å². The number of aromatic nitrogens is 1. The number of methoxy groups -OCH3 is 1. The van der Waals surface area contributed by atoms with Crippen molar-refractivity contribution in [3.05, 3.63) is 24.1 Å². The largest absolute Gasteiger partial charge is 0.463 e. The number of hydrogen-bond acceptors (Lipinski definition) is 4. The summed E-state index contributed by atoms with van der Waals surface area (Å²) in [6.45, 7) is 3.34. The van der Waals surface area contributed by atoms with Gasteiger partial charge in [0.05, 0.1) is 18.3 Å². The molecule has 30 heavy (non-hydrogen) atoms. The van der Waals surface area contributed by atoms with Gasteiger partial charge in [-0.15, -0.1) is 0 Å². The molecular formula is C23H33N3O4. The van der Waals surface area contributed by atoms with Crippen LogP contribution in [0.4, 0.5) is 0 Å². The first-order valence-electron chi connectivity index (χ1n) is 11.2. The van der Waals surface area contributed by atoms with Crippen molar-refractivity contribution in [2.45, 2.75) is 76.4 Å². The van der Waals surface area contributed by atoms with Crippen LogP contribution in [0.2, 0.25) is 0 Å². The lowest BCUT2D eigenvalue weighted by atomic mass is 9.92. The van der Waals surface area contributed by atoms with E-state index in [9.17, 15) is 9.59 Å². The number of nitrogens with one attached hydrogen (secondary N) is 1. The maximum absolute atomic E-state index is 13.6. The second-order valence-electron chi connectivity index (χ2n) is 8.88. The fourth-order valence-electron chi connectivity index (χ4n) is 4.93. The number of rotatable bonds is 6. The number of carbonyl (C=O) groups excluding carboxylic acids is 2. The van der Waals surface area contributed by atoms with Gasteiger partial charge in [0.1, 0.15) is 11.2 Å². The Bertz CT molecular complexity index is 894. The number of hydrogen-bond donors (Lipinski definition) is 1. The van der Waals surface area contributed by atoms with E-state index in [2.05, 4.69) is 5.32 Å². The van der Waals surface area contributed by atoms with Gasteiger partial charge in [0, 0.05) is 38.4 Å². The molecule has 0 aromatic carbocycles. The summed E-state index contributed by atoms with van der Waals surface area (Å²) in [5.74, 6) is -0.186. The molecule has 0 unspecified atom stereocenters. The molecule has 4 rings (SSSR count). The molecule has 3 heterocycles. The molecule has 164 valence electrons. The topological polar surface area (TPSA) is 76.7 Å². The van der Waals surface area contributed by atoms with Crippen LogP contribution >= 0.6 is 0 Å². The van der Waals surface area contributed by atoms with Crippen LogP contribution in [0.3, 0.4) is 0 Å². The quantitative estimate of drug-likeness (QED) is 0.730. The van der Waals surface area contributed by atoms with Gasteiger partial charge in [-0.2, -0.15) is 0 Å². The summed E-state index contributed by atoms with van der Waals surface area (Å²) in [5.41, 5.74) is 1.17. The molecule has 2 aromatic heterocycles. The lowest BCUT2D eigenvalue weighted by molar-refractivity contribution is -0.133. The van der Waals surface area contributed by atoms with Crippen LogP contribution in [0.25, 0.3) is 11.1 Å². The summed E-state index contributed by atoms with van der Waals surface area (Å²) < 4.78 is 12.6. The summed E-state index contributed by atoms with van der Waals surface area (Å²) in [6, 6.07) is 3.83. The summed E-state index contributed by atoms with van der Waals surface area (Å²) in [7, 11) is 1.65. The van der Waals surface area contributed by atoms with Gasteiger partial charge in [-0.3, -0.25) is 9.59 Å². The van der Waals surface area contributed by atoms with Crippen molar-refractivity contribution in [2.75, 3.05) is 20.3 Å². The van der Waals surface area contributed by atoms with Gasteiger partial charge in [0.2, 0.25) is 5.91 Å². The third kappa shape index (κ3) is 3.87. The van der Waals surface area contributed by atoms with Crippen molar-refractivity contribution in [1.29, 1.82) is 0 Å². The van der Waals surface area contributed by atoms with Gasteiger partial charge in [0.25, 0.3) is 5.91 Å². The predicted molar refractivity (Wildman–Crippen MR) is 114 cm³/mol. The fourth-order valence-corrected chi connectivity index (χ4v) is 4.93. The van der Waals surface area contributed by atoms with Crippen molar-refractivity contribution < 1.29 is 18.7 Å². The maximum Gasteiger partial charge on any atom is 0.271 e. The van der Waals surface area contributed by atoms with Gasteiger partial charge >= 0.3 is 0 Å². The van der Waals surface area contributed by atoms with E-state index < -0.39 is 5.54 Å². The maximum atomic E-state index is 13.6. The second kappa shape index (κ2) is 8.84. The molecule has 2 aromatic rings. The molecule has 0 spiro atoms. The van der Waals surface area contributed by atoms with Crippen LogP contribution in [0.1, 0.15) is 68.8 Å². The zero-order chi connectivity index (χ0) is 21.1. The SMILES string of the molecule is COCCCN1C(=O)c2cc3occc3n2C[C@@]1(C)C(=O)NC1CCCCCCC1. The Hall–Kier alpha value is -2.28. The van der Waals surface area contributed by atoms with E-state index in [4.69, 9.17) is 9.15 Å². The Kier molecular flexibility index (Phi) is 6.18. The average molecular weight is 416 g/mol. The van der Waals surface area contributed by atoms with E-state index in [1.165, 1.54) is 19.3 Å². The summed E-state index contributed by atoms with van der Waals surface area (Å²) in [6.07, 6.45) is 10.4. The molecule has 0 bridgehead atoms. The van der Waals surface area contributed by atoms with E-state index in [0.717, 1.165) is 31.2 Å². The monoisotopic (exact) mass is 415 g/mol. The molecule has 1 saturated carbocycles. The predicted octanol–water partition coefficient (Wildman–Crippen LogP) is 3.71. The van der Waals surface area contributed by atoms with E-state index in [1.807, 2.05) is 17.6 Å². The average Bonchev–Trinajstić information content (AvgIpc) is 3.29.